The van der Waals surface area contributed by atoms with Gasteiger partial charge in [-0.3, -0.25) is 0 Å². The van der Waals surface area contributed by atoms with E-state index in [0.29, 0.717) is 10.9 Å². The Morgan fingerprint density at radius 3 is 2.22 bits per heavy atom. The van der Waals surface area contributed by atoms with Crippen molar-refractivity contribution in [2.75, 3.05) is 0 Å². The summed E-state index contributed by atoms with van der Waals surface area (Å²) in [4.78, 5) is 0. The summed E-state index contributed by atoms with van der Waals surface area (Å²) in [5.74, 6) is 1.75. The molecule has 0 bridgehead atoms. The summed E-state index contributed by atoms with van der Waals surface area (Å²) in [6.07, 6.45) is 14.6. The van der Waals surface area contributed by atoms with Crippen LogP contribution in [0, 0.1) is 17.7 Å². The van der Waals surface area contributed by atoms with Gasteiger partial charge in [-0.25, -0.2) is 4.39 Å². The highest BCUT2D eigenvalue weighted by Gasteiger charge is 2.20. The molecule has 4 rings (SSSR count). The monoisotopic (exact) mass is 428 g/mol. The van der Waals surface area contributed by atoms with E-state index in [0.717, 1.165) is 42.0 Å². The predicted molar refractivity (Wildman–Crippen MR) is 137 cm³/mol. The summed E-state index contributed by atoms with van der Waals surface area (Å²) >= 11 is 0. The highest BCUT2D eigenvalue weighted by atomic mass is 19.1. The van der Waals surface area contributed by atoms with Gasteiger partial charge in [0.15, 0.2) is 0 Å². The second kappa shape index (κ2) is 10.9. The van der Waals surface area contributed by atoms with Crippen LogP contribution in [0.5, 0.6) is 0 Å². The lowest BCUT2D eigenvalue weighted by molar-refractivity contribution is 0.252. The maximum atomic E-state index is 15.3. The average Bonchev–Trinajstić information content (AvgIpc) is 2.83. The molecule has 0 nitrogen and oxygen atoms in total. The summed E-state index contributed by atoms with van der Waals surface area (Å²) in [7, 11) is 0. The fourth-order valence-electron chi connectivity index (χ4n) is 5.43. The molecular formula is C31H37F. The molecule has 0 unspecified atom stereocenters. The SMILES string of the molecule is C=CCCc1ccc2c(F)c(-c3ccc(CCC4CCC(CCC)CC4)cc3)ccc2c1. The molecule has 32 heavy (non-hydrogen) atoms. The van der Waals surface area contributed by atoms with Crippen LogP contribution in [0.3, 0.4) is 0 Å². The van der Waals surface area contributed by atoms with Crippen molar-refractivity contribution in [2.45, 2.75) is 71.1 Å². The normalized spacial score (nSPS) is 18.7. The van der Waals surface area contributed by atoms with E-state index in [1.165, 1.54) is 56.1 Å². The Balaban J connectivity index is 1.40. The molecule has 0 atom stereocenters. The highest BCUT2D eigenvalue weighted by Crippen LogP contribution is 2.34. The molecular weight excluding hydrogens is 391 g/mol. The van der Waals surface area contributed by atoms with Crippen LogP contribution < -0.4 is 0 Å². The Morgan fingerprint density at radius 2 is 1.53 bits per heavy atom. The smallest absolute Gasteiger partial charge is 0.138 e. The number of rotatable bonds is 9. The van der Waals surface area contributed by atoms with Crippen LogP contribution in [0.1, 0.15) is 69.4 Å². The molecule has 1 fully saturated rings. The van der Waals surface area contributed by atoms with Crippen LogP contribution in [0.25, 0.3) is 21.9 Å². The van der Waals surface area contributed by atoms with Crippen molar-refractivity contribution in [3.8, 4) is 11.1 Å². The first-order chi connectivity index (χ1) is 15.7. The molecule has 0 aromatic heterocycles. The number of benzene rings is 3. The number of hydrogen-bond donors (Lipinski definition) is 0. The standard InChI is InChI=1S/C31H37F/c1-3-5-7-26-16-20-30-28(22-26)19-21-29(31(30)32)27-17-14-25(15-18-27)13-12-24-10-8-23(6-4-2)9-11-24/h3,14-24H,1,4-13H2,2H3. The van der Waals surface area contributed by atoms with Gasteiger partial charge in [0.25, 0.3) is 0 Å². The van der Waals surface area contributed by atoms with Crippen molar-refractivity contribution in [2.24, 2.45) is 11.8 Å². The Kier molecular flexibility index (Phi) is 7.79. The van der Waals surface area contributed by atoms with Gasteiger partial charge in [0.1, 0.15) is 5.82 Å². The van der Waals surface area contributed by atoms with Crippen molar-refractivity contribution in [1.82, 2.24) is 0 Å². The topological polar surface area (TPSA) is 0 Å². The molecule has 0 saturated heterocycles. The lowest BCUT2D eigenvalue weighted by atomic mass is 9.78. The van der Waals surface area contributed by atoms with Crippen LogP contribution in [0.2, 0.25) is 0 Å². The van der Waals surface area contributed by atoms with E-state index in [9.17, 15) is 0 Å². The quantitative estimate of drug-likeness (QED) is 0.298. The van der Waals surface area contributed by atoms with Crippen molar-refractivity contribution in [3.63, 3.8) is 0 Å². The lowest BCUT2D eigenvalue weighted by Gasteiger charge is -2.28. The van der Waals surface area contributed by atoms with E-state index in [1.807, 2.05) is 30.3 Å². The van der Waals surface area contributed by atoms with Crippen LogP contribution in [-0.2, 0) is 12.8 Å². The van der Waals surface area contributed by atoms with Gasteiger partial charge in [-0.15, -0.1) is 6.58 Å². The van der Waals surface area contributed by atoms with E-state index >= 15 is 4.39 Å². The van der Waals surface area contributed by atoms with E-state index < -0.39 is 0 Å². The van der Waals surface area contributed by atoms with Gasteiger partial charge in [0.05, 0.1) is 0 Å². The molecule has 0 N–H and O–H groups in total. The van der Waals surface area contributed by atoms with Crippen LogP contribution >= 0.6 is 0 Å². The predicted octanol–water partition coefficient (Wildman–Crippen LogP) is 9.30. The molecule has 0 heterocycles. The summed E-state index contributed by atoms with van der Waals surface area (Å²) in [5, 5.41) is 1.67. The summed E-state index contributed by atoms with van der Waals surface area (Å²) in [5.41, 5.74) is 4.26. The van der Waals surface area contributed by atoms with Crippen molar-refractivity contribution < 1.29 is 4.39 Å². The number of halogens is 1. The number of hydrogen-bond acceptors (Lipinski definition) is 0. The molecule has 3 aromatic carbocycles. The average molecular weight is 429 g/mol. The molecule has 1 aliphatic rings. The van der Waals surface area contributed by atoms with E-state index in [1.54, 1.807) is 0 Å². The first-order valence-corrected chi connectivity index (χ1v) is 12.6. The Morgan fingerprint density at radius 1 is 0.844 bits per heavy atom. The van der Waals surface area contributed by atoms with Gasteiger partial charge < -0.3 is 0 Å². The lowest BCUT2D eigenvalue weighted by Crippen LogP contribution is -2.15. The maximum Gasteiger partial charge on any atom is 0.138 e. The fourth-order valence-corrected chi connectivity index (χ4v) is 5.43. The number of aryl methyl sites for hydroxylation is 2. The van der Waals surface area contributed by atoms with Crippen LogP contribution in [-0.4, -0.2) is 0 Å². The van der Waals surface area contributed by atoms with Gasteiger partial charge in [-0.05, 0) is 59.6 Å². The highest BCUT2D eigenvalue weighted by molar-refractivity contribution is 5.88. The first kappa shape index (κ1) is 22.8. The zero-order valence-electron chi connectivity index (χ0n) is 19.6. The Hall–Kier alpha value is -2.41. The van der Waals surface area contributed by atoms with E-state index in [4.69, 9.17) is 0 Å². The summed E-state index contributed by atoms with van der Waals surface area (Å²) < 4.78 is 15.3. The number of fused-ring (bicyclic) bond motifs is 1. The minimum atomic E-state index is -0.116. The van der Waals surface area contributed by atoms with Gasteiger partial charge >= 0.3 is 0 Å². The minimum absolute atomic E-state index is 0.116. The number of allylic oxidation sites excluding steroid dienone is 1. The second-order valence-electron chi connectivity index (χ2n) is 9.72. The third-order valence-electron chi connectivity index (χ3n) is 7.43. The van der Waals surface area contributed by atoms with Crippen LogP contribution in [0.15, 0.2) is 67.3 Å². The molecule has 0 amide bonds. The molecule has 3 aromatic rings. The third-order valence-corrected chi connectivity index (χ3v) is 7.43. The third kappa shape index (κ3) is 5.49. The first-order valence-electron chi connectivity index (χ1n) is 12.6. The zero-order chi connectivity index (χ0) is 22.3. The van der Waals surface area contributed by atoms with Crippen molar-refractivity contribution >= 4 is 10.8 Å². The molecule has 0 aliphatic heterocycles. The van der Waals surface area contributed by atoms with E-state index in [2.05, 4.69) is 43.8 Å². The summed E-state index contributed by atoms with van der Waals surface area (Å²) in [6, 6.07) is 18.6. The molecule has 1 saturated carbocycles. The van der Waals surface area contributed by atoms with E-state index in [-0.39, 0.29) is 5.82 Å². The Labute approximate surface area is 193 Å². The Bertz CT molecular complexity index is 1020. The molecule has 0 radical (unpaired) electrons. The second-order valence-corrected chi connectivity index (χ2v) is 9.72. The largest absolute Gasteiger partial charge is 0.206 e. The molecule has 0 spiro atoms. The minimum Gasteiger partial charge on any atom is -0.206 e. The maximum absolute atomic E-state index is 15.3. The fraction of sp³-hybridized carbons (Fsp3) is 0.419. The van der Waals surface area contributed by atoms with Gasteiger partial charge in [0.2, 0.25) is 0 Å². The molecule has 1 aliphatic carbocycles. The van der Waals surface area contributed by atoms with Crippen LogP contribution in [0.4, 0.5) is 4.39 Å². The van der Waals surface area contributed by atoms with Gasteiger partial charge in [-0.2, -0.15) is 0 Å². The van der Waals surface area contributed by atoms with Crippen molar-refractivity contribution in [1.29, 1.82) is 0 Å². The zero-order valence-corrected chi connectivity index (χ0v) is 19.6. The summed E-state index contributed by atoms with van der Waals surface area (Å²) in [6.45, 7) is 6.09. The molecule has 1 heteroatoms. The van der Waals surface area contributed by atoms with Gasteiger partial charge in [-0.1, -0.05) is 106 Å². The molecule has 168 valence electrons. The van der Waals surface area contributed by atoms with Crippen molar-refractivity contribution in [3.05, 3.63) is 84.2 Å². The van der Waals surface area contributed by atoms with Gasteiger partial charge in [0, 0.05) is 10.9 Å².